The minimum Gasteiger partial charge on any atom is -0.302 e. The number of hydrogen-bond donors (Lipinski definition) is 0. The highest BCUT2D eigenvalue weighted by atomic mass is 79.9. The Labute approximate surface area is 149 Å². The Kier molecular flexibility index (Phi) is 4.71. The van der Waals surface area contributed by atoms with Gasteiger partial charge in [0.05, 0.1) is 12.5 Å². The number of halogens is 1. The summed E-state index contributed by atoms with van der Waals surface area (Å²) >= 11 is 5.41. The van der Waals surface area contributed by atoms with Gasteiger partial charge in [-0.2, -0.15) is 0 Å². The van der Waals surface area contributed by atoms with E-state index in [0.29, 0.717) is 0 Å². The van der Waals surface area contributed by atoms with Crippen LogP contribution in [0.1, 0.15) is 12.8 Å². The van der Waals surface area contributed by atoms with Crippen LogP contribution in [-0.2, 0) is 6.67 Å². The zero-order valence-corrected chi connectivity index (χ0v) is 15.4. The van der Waals surface area contributed by atoms with E-state index in [2.05, 4.69) is 52.6 Å². The molecule has 0 radical (unpaired) electrons. The van der Waals surface area contributed by atoms with E-state index in [0.717, 1.165) is 40.1 Å². The number of fused-ring (bicyclic) bond motifs is 1. The summed E-state index contributed by atoms with van der Waals surface area (Å²) in [5.41, 5.74) is 1.10. The van der Waals surface area contributed by atoms with Crippen molar-refractivity contribution in [3.63, 3.8) is 0 Å². The van der Waals surface area contributed by atoms with Gasteiger partial charge in [0, 0.05) is 23.1 Å². The third kappa shape index (κ3) is 3.33. The molecule has 1 fully saturated rings. The summed E-state index contributed by atoms with van der Waals surface area (Å²) in [6.45, 7) is 5.68. The second kappa shape index (κ2) is 6.93. The topological polar surface area (TPSA) is 37.2 Å². The fraction of sp³-hybridized carbons (Fsp3) is 0.500. The van der Waals surface area contributed by atoms with E-state index >= 15 is 0 Å². The summed E-state index contributed by atoms with van der Waals surface area (Å²) in [6, 6.07) is 8.22. The summed E-state index contributed by atoms with van der Waals surface area (Å²) in [6.07, 6.45) is 2.72. The van der Waals surface area contributed by atoms with E-state index in [1.54, 1.807) is 11.8 Å². The third-order valence-electron chi connectivity index (χ3n) is 4.48. The van der Waals surface area contributed by atoms with Crippen LogP contribution in [-0.4, -0.2) is 56.6 Å². The maximum absolute atomic E-state index is 4.43. The van der Waals surface area contributed by atoms with Crippen LogP contribution in [0.4, 0.5) is 0 Å². The number of likely N-dealkylation sites (tertiary alicyclic amines) is 1. The molecule has 0 spiro atoms. The number of hydrogen-bond acceptors (Lipinski definition) is 5. The van der Waals surface area contributed by atoms with Gasteiger partial charge in [-0.25, -0.2) is 0 Å². The van der Waals surface area contributed by atoms with Crippen molar-refractivity contribution >= 4 is 27.7 Å². The molecule has 0 unspecified atom stereocenters. The van der Waals surface area contributed by atoms with Gasteiger partial charge in [0.2, 0.25) is 0 Å². The van der Waals surface area contributed by atoms with E-state index in [4.69, 9.17) is 0 Å². The van der Waals surface area contributed by atoms with E-state index in [1.807, 2.05) is 12.1 Å². The van der Waals surface area contributed by atoms with E-state index in [1.165, 1.54) is 32.5 Å². The normalized spacial score (nSPS) is 19.2. The SMILES string of the molecule is Brc1ccccc1-c1nnc2n1CN(CCN1CCCC1)CS2. The highest BCUT2D eigenvalue weighted by Crippen LogP contribution is 2.32. The fourth-order valence-electron chi connectivity index (χ4n) is 3.18. The molecule has 23 heavy (non-hydrogen) atoms. The first-order chi connectivity index (χ1) is 11.3. The number of thioether (sulfide) groups is 1. The first-order valence-corrected chi connectivity index (χ1v) is 9.85. The molecule has 122 valence electrons. The molecule has 1 aromatic carbocycles. The van der Waals surface area contributed by atoms with Crippen molar-refractivity contribution in [1.29, 1.82) is 0 Å². The first kappa shape index (κ1) is 15.6. The van der Waals surface area contributed by atoms with Gasteiger partial charge >= 0.3 is 0 Å². The molecule has 4 rings (SSSR count). The zero-order valence-electron chi connectivity index (χ0n) is 13.0. The number of rotatable bonds is 4. The van der Waals surface area contributed by atoms with Gasteiger partial charge < -0.3 is 4.90 Å². The molecule has 0 aliphatic carbocycles. The Morgan fingerprint density at radius 2 is 1.83 bits per heavy atom. The lowest BCUT2D eigenvalue weighted by Gasteiger charge is -2.29. The average molecular weight is 394 g/mol. The van der Waals surface area contributed by atoms with E-state index < -0.39 is 0 Å². The molecule has 7 heteroatoms. The van der Waals surface area contributed by atoms with Gasteiger partial charge in [-0.15, -0.1) is 10.2 Å². The van der Waals surface area contributed by atoms with Gasteiger partial charge in [0.15, 0.2) is 11.0 Å². The summed E-state index contributed by atoms with van der Waals surface area (Å²) in [4.78, 5) is 5.06. The summed E-state index contributed by atoms with van der Waals surface area (Å²) in [5.74, 6) is 1.95. The molecular weight excluding hydrogens is 374 g/mol. The van der Waals surface area contributed by atoms with Crippen molar-refractivity contribution in [1.82, 2.24) is 24.6 Å². The Morgan fingerprint density at radius 3 is 2.65 bits per heavy atom. The van der Waals surface area contributed by atoms with Crippen LogP contribution >= 0.6 is 27.7 Å². The Hall–Kier alpha value is -0.890. The van der Waals surface area contributed by atoms with Crippen LogP contribution in [0, 0.1) is 0 Å². The van der Waals surface area contributed by atoms with Crippen LogP contribution in [0.2, 0.25) is 0 Å². The van der Waals surface area contributed by atoms with Gasteiger partial charge in [0.1, 0.15) is 0 Å². The van der Waals surface area contributed by atoms with Crippen molar-refractivity contribution in [3.8, 4) is 11.4 Å². The van der Waals surface area contributed by atoms with Crippen LogP contribution in [0.25, 0.3) is 11.4 Å². The van der Waals surface area contributed by atoms with Crippen molar-refractivity contribution in [3.05, 3.63) is 28.7 Å². The predicted molar refractivity (Wildman–Crippen MR) is 96.3 cm³/mol. The van der Waals surface area contributed by atoms with Crippen LogP contribution in [0.5, 0.6) is 0 Å². The minimum atomic E-state index is 0.875. The molecular formula is C16H20BrN5S. The molecule has 1 aromatic heterocycles. The molecule has 0 N–H and O–H groups in total. The Bertz CT molecular complexity index is 683. The smallest absolute Gasteiger partial charge is 0.193 e. The molecule has 0 amide bonds. The summed E-state index contributed by atoms with van der Waals surface area (Å²) < 4.78 is 3.30. The highest BCUT2D eigenvalue weighted by Gasteiger charge is 2.23. The van der Waals surface area contributed by atoms with Crippen molar-refractivity contribution in [2.45, 2.75) is 24.7 Å². The van der Waals surface area contributed by atoms with E-state index in [-0.39, 0.29) is 0 Å². The van der Waals surface area contributed by atoms with Gasteiger partial charge in [-0.05, 0) is 32.0 Å². The van der Waals surface area contributed by atoms with Gasteiger partial charge in [-0.3, -0.25) is 9.47 Å². The quantitative estimate of drug-likeness (QED) is 0.797. The molecule has 2 aliphatic rings. The molecule has 3 heterocycles. The van der Waals surface area contributed by atoms with Gasteiger partial charge in [0.25, 0.3) is 0 Å². The molecule has 2 aliphatic heterocycles. The molecule has 0 bridgehead atoms. The number of benzene rings is 1. The van der Waals surface area contributed by atoms with Crippen LogP contribution in [0.3, 0.4) is 0 Å². The lowest BCUT2D eigenvalue weighted by atomic mass is 10.2. The molecule has 1 saturated heterocycles. The number of aromatic nitrogens is 3. The minimum absolute atomic E-state index is 0.875. The Morgan fingerprint density at radius 1 is 1.04 bits per heavy atom. The van der Waals surface area contributed by atoms with Crippen molar-refractivity contribution in [2.24, 2.45) is 0 Å². The number of nitrogens with zero attached hydrogens (tertiary/aromatic N) is 5. The third-order valence-corrected chi connectivity index (χ3v) is 6.23. The monoisotopic (exact) mass is 393 g/mol. The average Bonchev–Trinajstić information content (AvgIpc) is 3.23. The summed E-state index contributed by atoms with van der Waals surface area (Å²) in [7, 11) is 0. The van der Waals surface area contributed by atoms with Crippen LogP contribution in [0.15, 0.2) is 33.9 Å². The zero-order chi connectivity index (χ0) is 15.6. The standard InChI is InChI=1S/C16H20BrN5S/c17-14-6-2-1-5-13(14)15-18-19-16-22(15)11-21(12-23-16)10-9-20-7-3-4-8-20/h1-2,5-6H,3-4,7-12H2. The molecule has 2 aromatic rings. The van der Waals surface area contributed by atoms with Gasteiger partial charge in [-0.1, -0.05) is 45.9 Å². The molecule has 0 atom stereocenters. The first-order valence-electron chi connectivity index (χ1n) is 8.07. The lowest BCUT2D eigenvalue weighted by molar-refractivity contribution is 0.203. The maximum atomic E-state index is 4.43. The fourth-order valence-corrected chi connectivity index (χ4v) is 4.55. The molecule has 5 nitrogen and oxygen atoms in total. The van der Waals surface area contributed by atoms with E-state index in [9.17, 15) is 0 Å². The van der Waals surface area contributed by atoms with Crippen LogP contribution < -0.4 is 0 Å². The second-order valence-electron chi connectivity index (χ2n) is 6.07. The largest absolute Gasteiger partial charge is 0.302 e. The van der Waals surface area contributed by atoms with Crippen molar-refractivity contribution < 1.29 is 0 Å². The predicted octanol–water partition coefficient (Wildman–Crippen LogP) is 3.13. The molecule has 0 saturated carbocycles. The highest BCUT2D eigenvalue weighted by molar-refractivity contribution is 9.10. The summed E-state index contributed by atoms with van der Waals surface area (Å²) in [5, 5.41) is 9.81. The lowest BCUT2D eigenvalue weighted by Crippen LogP contribution is -2.37. The van der Waals surface area contributed by atoms with Crippen molar-refractivity contribution in [2.75, 3.05) is 32.1 Å². The Balaban J connectivity index is 1.50. The maximum Gasteiger partial charge on any atom is 0.193 e. The second-order valence-corrected chi connectivity index (χ2v) is 7.84.